The number of halogens is 2. The molecule has 1 saturated heterocycles. The lowest BCUT2D eigenvalue weighted by Crippen LogP contribution is -2.04. The number of rotatable bonds is 2. The summed E-state index contributed by atoms with van der Waals surface area (Å²) in [6, 6.07) is 2.16. The SMILES string of the molecule is O=[N+]([O-])c1cc(Br)c(F)cc1C1OCCO1. The maximum atomic E-state index is 13.3. The Morgan fingerprint density at radius 3 is 2.62 bits per heavy atom. The second kappa shape index (κ2) is 4.44. The van der Waals surface area contributed by atoms with E-state index in [9.17, 15) is 14.5 Å². The van der Waals surface area contributed by atoms with Gasteiger partial charge in [-0.2, -0.15) is 0 Å². The Morgan fingerprint density at radius 2 is 2.06 bits per heavy atom. The average Bonchev–Trinajstić information content (AvgIpc) is 2.74. The molecule has 1 heterocycles. The first-order valence-electron chi connectivity index (χ1n) is 4.46. The van der Waals surface area contributed by atoms with Crippen LogP contribution in [0.2, 0.25) is 0 Å². The zero-order valence-electron chi connectivity index (χ0n) is 7.98. The van der Waals surface area contributed by atoms with E-state index in [1.807, 2.05) is 0 Å². The molecule has 0 radical (unpaired) electrons. The smallest absolute Gasteiger partial charge is 0.279 e. The second-order valence-corrected chi connectivity index (χ2v) is 4.01. The van der Waals surface area contributed by atoms with Crippen molar-refractivity contribution in [1.82, 2.24) is 0 Å². The fourth-order valence-electron chi connectivity index (χ4n) is 1.44. The minimum atomic E-state index is -0.858. The monoisotopic (exact) mass is 291 g/mol. The van der Waals surface area contributed by atoms with Crippen LogP contribution in [0.4, 0.5) is 10.1 Å². The third-order valence-electron chi connectivity index (χ3n) is 2.14. The quantitative estimate of drug-likeness (QED) is 0.620. The standard InChI is InChI=1S/C9H7BrFNO4/c10-6-4-8(12(13)14)5(3-7(6)11)9-15-1-2-16-9/h3-4,9H,1-2H2. The van der Waals surface area contributed by atoms with Gasteiger partial charge in [-0.25, -0.2) is 4.39 Å². The van der Waals surface area contributed by atoms with Crippen LogP contribution < -0.4 is 0 Å². The van der Waals surface area contributed by atoms with Gasteiger partial charge in [-0.05, 0) is 22.0 Å². The van der Waals surface area contributed by atoms with Crippen LogP contribution in [-0.2, 0) is 9.47 Å². The molecule has 5 nitrogen and oxygen atoms in total. The van der Waals surface area contributed by atoms with Crippen molar-refractivity contribution < 1.29 is 18.8 Å². The van der Waals surface area contributed by atoms with E-state index in [-0.39, 0.29) is 15.7 Å². The number of nitro benzene ring substituents is 1. The van der Waals surface area contributed by atoms with Gasteiger partial charge < -0.3 is 9.47 Å². The molecule has 0 aliphatic carbocycles. The van der Waals surface area contributed by atoms with Crippen molar-refractivity contribution in [2.75, 3.05) is 13.2 Å². The fourth-order valence-corrected chi connectivity index (χ4v) is 1.77. The van der Waals surface area contributed by atoms with Gasteiger partial charge in [-0.3, -0.25) is 10.1 Å². The molecule has 2 rings (SSSR count). The Hall–Kier alpha value is -1.05. The molecule has 16 heavy (non-hydrogen) atoms. The van der Waals surface area contributed by atoms with Crippen LogP contribution in [0.1, 0.15) is 11.9 Å². The maximum absolute atomic E-state index is 13.3. The van der Waals surface area contributed by atoms with E-state index in [1.165, 1.54) is 0 Å². The average molecular weight is 292 g/mol. The van der Waals surface area contributed by atoms with Gasteiger partial charge >= 0.3 is 0 Å². The molecule has 1 fully saturated rings. The van der Waals surface area contributed by atoms with Gasteiger partial charge in [0.1, 0.15) is 5.82 Å². The third kappa shape index (κ3) is 2.06. The molecule has 0 aromatic heterocycles. The molecule has 86 valence electrons. The van der Waals surface area contributed by atoms with Crippen molar-refractivity contribution in [3.8, 4) is 0 Å². The zero-order valence-corrected chi connectivity index (χ0v) is 9.57. The Kier molecular flexibility index (Phi) is 3.17. The van der Waals surface area contributed by atoms with Gasteiger partial charge in [-0.1, -0.05) is 0 Å². The lowest BCUT2D eigenvalue weighted by molar-refractivity contribution is -0.386. The normalized spacial score (nSPS) is 16.6. The number of nitro groups is 1. The Bertz CT molecular complexity index is 434. The lowest BCUT2D eigenvalue weighted by Gasteiger charge is -2.10. The van der Waals surface area contributed by atoms with Crippen molar-refractivity contribution >= 4 is 21.6 Å². The first-order chi connectivity index (χ1) is 7.59. The summed E-state index contributed by atoms with van der Waals surface area (Å²) >= 11 is 2.90. The van der Waals surface area contributed by atoms with Crippen LogP contribution in [-0.4, -0.2) is 18.1 Å². The predicted octanol–water partition coefficient (Wildman–Crippen LogP) is 2.54. The minimum absolute atomic E-state index is 0.0425. The van der Waals surface area contributed by atoms with Crippen molar-refractivity contribution in [1.29, 1.82) is 0 Å². The molecular formula is C9H7BrFNO4. The molecule has 1 aromatic rings. The highest BCUT2D eigenvalue weighted by molar-refractivity contribution is 9.10. The molecule has 0 saturated carbocycles. The van der Waals surface area contributed by atoms with Crippen LogP contribution >= 0.6 is 15.9 Å². The van der Waals surface area contributed by atoms with Crippen molar-refractivity contribution in [2.24, 2.45) is 0 Å². The highest BCUT2D eigenvalue weighted by Gasteiger charge is 2.28. The summed E-state index contributed by atoms with van der Waals surface area (Å²) in [5.41, 5.74) is -0.122. The van der Waals surface area contributed by atoms with Crippen LogP contribution in [0.3, 0.4) is 0 Å². The molecule has 1 aliphatic rings. The van der Waals surface area contributed by atoms with Gasteiger partial charge in [0.15, 0.2) is 6.29 Å². The molecular weight excluding hydrogens is 285 g/mol. The molecule has 0 bridgehead atoms. The van der Waals surface area contributed by atoms with Crippen molar-refractivity contribution in [2.45, 2.75) is 6.29 Å². The largest absolute Gasteiger partial charge is 0.346 e. The predicted molar refractivity (Wildman–Crippen MR) is 55.4 cm³/mol. The highest BCUT2D eigenvalue weighted by atomic mass is 79.9. The van der Waals surface area contributed by atoms with Crippen LogP contribution in [0.5, 0.6) is 0 Å². The molecule has 0 atom stereocenters. The lowest BCUT2D eigenvalue weighted by atomic mass is 10.1. The van der Waals surface area contributed by atoms with Gasteiger partial charge in [0, 0.05) is 6.07 Å². The summed E-state index contributed by atoms with van der Waals surface area (Å²) in [5.74, 6) is -0.584. The van der Waals surface area contributed by atoms with E-state index >= 15 is 0 Å². The summed E-state index contributed by atoms with van der Waals surface area (Å²) in [4.78, 5) is 10.2. The van der Waals surface area contributed by atoms with E-state index < -0.39 is 17.0 Å². The molecule has 0 unspecified atom stereocenters. The first-order valence-corrected chi connectivity index (χ1v) is 5.25. The number of hydrogen-bond donors (Lipinski definition) is 0. The number of ether oxygens (including phenoxy) is 2. The third-order valence-corrected chi connectivity index (χ3v) is 2.75. The summed E-state index contributed by atoms with van der Waals surface area (Å²) < 4.78 is 23.6. The number of hydrogen-bond acceptors (Lipinski definition) is 4. The van der Waals surface area contributed by atoms with Crippen LogP contribution in [0.15, 0.2) is 16.6 Å². The van der Waals surface area contributed by atoms with Gasteiger partial charge in [0.25, 0.3) is 5.69 Å². The van der Waals surface area contributed by atoms with Crippen molar-refractivity contribution in [3.63, 3.8) is 0 Å². The van der Waals surface area contributed by atoms with Crippen LogP contribution in [0.25, 0.3) is 0 Å². The summed E-state index contributed by atoms with van der Waals surface area (Å²) in [6.07, 6.45) is -0.858. The first kappa shape index (κ1) is 11.4. The number of benzene rings is 1. The molecule has 0 amide bonds. The van der Waals surface area contributed by atoms with E-state index in [2.05, 4.69) is 15.9 Å². The van der Waals surface area contributed by atoms with E-state index in [4.69, 9.17) is 9.47 Å². The number of nitrogens with zero attached hydrogens (tertiary/aromatic N) is 1. The molecule has 7 heteroatoms. The summed E-state index contributed by atoms with van der Waals surface area (Å²) in [6.45, 7) is 0.693. The summed E-state index contributed by atoms with van der Waals surface area (Å²) in [5, 5.41) is 10.8. The molecule has 0 N–H and O–H groups in total. The Morgan fingerprint density at radius 1 is 1.44 bits per heavy atom. The van der Waals surface area contributed by atoms with Gasteiger partial charge in [0.05, 0.1) is 28.2 Å². The van der Waals surface area contributed by atoms with E-state index in [1.54, 1.807) is 0 Å². The van der Waals surface area contributed by atoms with Crippen LogP contribution in [0, 0.1) is 15.9 Å². The maximum Gasteiger partial charge on any atom is 0.279 e. The van der Waals surface area contributed by atoms with Gasteiger partial charge in [-0.15, -0.1) is 0 Å². The van der Waals surface area contributed by atoms with E-state index in [0.29, 0.717) is 13.2 Å². The fraction of sp³-hybridized carbons (Fsp3) is 0.333. The minimum Gasteiger partial charge on any atom is -0.346 e. The second-order valence-electron chi connectivity index (χ2n) is 3.16. The Labute approximate surface area is 98.4 Å². The van der Waals surface area contributed by atoms with Gasteiger partial charge in [0.2, 0.25) is 0 Å². The highest BCUT2D eigenvalue weighted by Crippen LogP contribution is 2.34. The van der Waals surface area contributed by atoms with E-state index in [0.717, 1.165) is 12.1 Å². The Balaban J connectivity index is 2.48. The summed E-state index contributed by atoms with van der Waals surface area (Å²) in [7, 11) is 0. The van der Waals surface area contributed by atoms with Crippen molar-refractivity contribution in [3.05, 3.63) is 38.1 Å². The molecule has 1 aliphatic heterocycles. The molecule has 0 spiro atoms. The molecule has 1 aromatic carbocycles. The topological polar surface area (TPSA) is 61.6 Å². The zero-order chi connectivity index (χ0) is 11.7.